The summed E-state index contributed by atoms with van der Waals surface area (Å²) in [5.74, 6) is -0.887. The van der Waals surface area contributed by atoms with Crippen LogP contribution < -0.4 is 11.1 Å². The third kappa shape index (κ3) is 2.45. The summed E-state index contributed by atoms with van der Waals surface area (Å²) < 4.78 is 13.0. The summed E-state index contributed by atoms with van der Waals surface area (Å²) in [5, 5.41) is 2.69. The number of hydrogen-bond acceptors (Lipinski definition) is 3. The number of amides is 1. The zero-order chi connectivity index (χ0) is 13.1. The molecule has 92 valence electrons. The molecule has 0 spiro atoms. The van der Waals surface area contributed by atoms with E-state index in [2.05, 4.69) is 10.3 Å². The molecule has 0 aliphatic heterocycles. The molecule has 0 aliphatic rings. The van der Waals surface area contributed by atoms with Crippen LogP contribution in [0.25, 0.3) is 0 Å². The van der Waals surface area contributed by atoms with Crippen molar-refractivity contribution in [1.82, 2.24) is 4.98 Å². The van der Waals surface area contributed by atoms with Gasteiger partial charge < -0.3 is 11.1 Å². The zero-order valence-electron chi connectivity index (χ0n) is 9.77. The number of aromatic nitrogens is 1. The van der Waals surface area contributed by atoms with Crippen LogP contribution in [-0.4, -0.2) is 10.9 Å². The van der Waals surface area contributed by atoms with Crippen LogP contribution >= 0.6 is 0 Å². The minimum absolute atomic E-state index is 0.0504. The molecule has 1 aromatic carbocycles. The average molecular weight is 245 g/mol. The number of benzene rings is 1. The Balaban J connectivity index is 2.22. The topological polar surface area (TPSA) is 68.0 Å². The second-order valence-corrected chi connectivity index (χ2v) is 3.88. The Kier molecular flexibility index (Phi) is 3.23. The lowest BCUT2D eigenvalue weighted by Gasteiger charge is -2.08. The summed E-state index contributed by atoms with van der Waals surface area (Å²) >= 11 is 0. The van der Waals surface area contributed by atoms with Gasteiger partial charge in [0.1, 0.15) is 5.82 Å². The maximum Gasteiger partial charge on any atom is 0.255 e. The Hall–Kier alpha value is -2.43. The van der Waals surface area contributed by atoms with Crippen LogP contribution in [0.2, 0.25) is 0 Å². The van der Waals surface area contributed by atoms with E-state index >= 15 is 0 Å². The number of aryl methyl sites for hydroxylation is 1. The fourth-order valence-corrected chi connectivity index (χ4v) is 1.47. The van der Waals surface area contributed by atoms with Crippen LogP contribution in [0.1, 0.15) is 15.9 Å². The van der Waals surface area contributed by atoms with Crippen molar-refractivity contribution in [2.75, 3.05) is 11.1 Å². The molecule has 0 saturated heterocycles. The molecule has 4 nitrogen and oxygen atoms in total. The number of nitrogen functional groups attached to an aromatic ring is 1. The first-order valence-electron chi connectivity index (χ1n) is 5.35. The van der Waals surface area contributed by atoms with Gasteiger partial charge in [0.2, 0.25) is 0 Å². The van der Waals surface area contributed by atoms with Crippen molar-refractivity contribution in [2.45, 2.75) is 6.92 Å². The van der Waals surface area contributed by atoms with Crippen molar-refractivity contribution >= 4 is 17.3 Å². The van der Waals surface area contributed by atoms with Crippen LogP contribution in [0.3, 0.4) is 0 Å². The van der Waals surface area contributed by atoms with E-state index in [1.165, 1.54) is 18.2 Å². The summed E-state index contributed by atoms with van der Waals surface area (Å²) in [7, 11) is 0. The van der Waals surface area contributed by atoms with Crippen LogP contribution in [-0.2, 0) is 0 Å². The fraction of sp³-hybridized carbons (Fsp3) is 0.0769. The molecule has 0 atom stereocenters. The highest BCUT2D eigenvalue weighted by atomic mass is 19.1. The van der Waals surface area contributed by atoms with Gasteiger partial charge in [0.25, 0.3) is 5.91 Å². The monoisotopic (exact) mass is 245 g/mol. The standard InChI is InChI=1S/C13H12FN3O/c1-8-4-5-16-7-12(8)17-13(18)9-2-3-10(14)11(15)6-9/h2-7H,15H2,1H3,(H,17,18). The molecule has 2 rings (SSSR count). The number of carbonyl (C=O) groups excluding carboxylic acids is 1. The Bertz CT molecular complexity index is 599. The van der Waals surface area contributed by atoms with Gasteiger partial charge in [0.05, 0.1) is 17.6 Å². The number of carbonyl (C=O) groups is 1. The maximum absolute atomic E-state index is 13.0. The molecule has 0 bridgehead atoms. The molecule has 0 aliphatic carbocycles. The maximum atomic E-state index is 13.0. The Labute approximate surface area is 104 Å². The summed E-state index contributed by atoms with van der Waals surface area (Å²) in [6, 6.07) is 5.64. The van der Waals surface area contributed by atoms with Crippen molar-refractivity contribution in [3.05, 3.63) is 53.6 Å². The summed E-state index contributed by atoms with van der Waals surface area (Å²) in [5.41, 5.74) is 7.18. The van der Waals surface area contributed by atoms with E-state index in [-0.39, 0.29) is 11.6 Å². The van der Waals surface area contributed by atoms with Gasteiger partial charge in [-0.3, -0.25) is 9.78 Å². The lowest BCUT2D eigenvalue weighted by atomic mass is 10.1. The highest BCUT2D eigenvalue weighted by molar-refractivity contribution is 6.05. The van der Waals surface area contributed by atoms with Gasteiger partial charge in [-0.05, 0) is 36.8 Å². The number of anilines is 2. The predicted octanol–water partition coefficient (Wildman–Crippen LogP) is 2.36. The lowest BCUT2D eigenvalue weighted by molar-refractivity contribution is 0.102. The number of nitrogens with two attached hydrogens (primary N) is 1. The fourth-order valence-electron chi connectivity index (χ4n) is 1.47. The largest absolute Gasteiger partial charge is 0.396 e. The third-order valence-electron chi connectivity index (χ3n) is 2.55. The van der Waals surface area contributed by atoms with E-state index in [1.54, 1.807) is 18.5 Å². The number of hydrogen-bond donors (Lipinski definition) is 2. The van der Waals surface area contributed by atoms with Gasteiger partial charge in [0.15, 0.2) is 0 Å². The van der Waals surface area contributed by atoms with E-state index in [4.69, 9.17) is 5.73 Å². The Morgan fingerprint density at radius 2 is 2.17 bits per heavy atom. The van der Waals surface area contributed by atoms with Crippen molar-refractivity contribution < 1.29 is 9.18 Å². The van der Waals surface area contributed by atoms with E-state index in [9.17, 15) is 9.18 Å². The van der Waals surface area contributed by atoms with Crippen molar-refractivity contribution in [2.24, 2.45) is 0 Å². The smallest absolute Gasteiger partial charge is 0.255 e. The Morgan fingerprint density at radius 1 is 1.39 bits per heavy atom. The van der Waals surface area contributed by atoms with Gasteiger partial charge in [-0.1, -0.05) is 0 Å². The minimum Gasteiger partial charge on any atom is -0.396 e. The molecule has 1 amide bonds. The van der Waals surface area contributed by atoms with E-state index in [1.807, 2.05) is 6.92 Å². The van der Waals surface area contributed by atoms with Crippen molar-refractivity contribution in [3.8, 4) is 0 Å². The van der Waals surface area contributed by atoms with Crippen LogP contribution in [0.4, 0.5) is 15.8 Å². The van der Waals surface area contributed by atoms with Crippen molar-refractivity contribution in [3.63, 3.8) is 0 Å². The third-order valence-corrected chi connectivity index (χ3v) is 2.55. The number of pyridine rings is 1. The molecule has 5 heteroatoms. The first kappa shape index (κ1) is 12.0. The quantitative estimate of drug-likeness (QED) is 0.798. The number of nitrogens with one attached hydrogen (secondary N) is 1. The molecule has 1 aromatic heterocycles. The van der Waals surface area contributed by atoms with Crippen molar-refractivity contribution in [1.29, 1.82) is 0 Å². The summed E-state index contributed by atoms with van der Waals surface area (Å²) in [6.45, 7) is 1.86. The zero-order valence-corrected chi connectivity index (χ0v) is 9.77. The second-order valence-electron chi connectivity index (χ2n) is 3.88. The van der Waals surface area contributed by atoms with E-state index in [0.717, 1.165) is 5.56 Å². The van der Waals surface area contributed by atoms with Gasteiger partial charge in [-0.2, -0.15) is 0 Å². The van der Waals surface area contributed by atoms with Gasteiger partial charge in [-0.15, -0.1) is 0 Å². The lowest BCUT2D eigenvalue weighted by Crippen LogP contribution is -2.13. The summed E-state index contributed by atoms with van der Waals surface area (Å²) in [4.78, 5) is 15.8. The normalized spacial score (nSPS) is 10.1. The van der Waals surface area contributed by atoms with Crippen LogP contribution in [0.15, 0.2) is 36.7 Å². The minimum atomic E-state index is -0.538. The van der Waals surface area contributed by atoms with E-state index in [0.29, 0.717) is 11.3 Å². The first-order valence-corrected chi connectivity index (χ1v) is 5.35. The molecule has 0 unspecified atom stereocenters. The first-order chi connectivity index (χ1) is 8.58. The molecule has 1 heterocycles. The molecule has 18 heavy (non-hydrogen) atoms. The van der Waals surface area contributed by atoms with Gasteiger partial charge in [-0.25, -0.2) is 4.39 Å². The molecule has 0 radical (unpaired) electrons. The SMILES string of the molecule is Cc1ccncc1NC(=O)c1ccc(F)c(N)c1. The Morgan fingerprint density at radius 3 is 2.83 bits per heavy atom. The molecule has 3 N–H and O–H groups in total. The highest BCUT2D eigenvalue weighted by Gasteiger charge is 2.09. The molecule has 0 fully saturated rings. The van der Waals surface area contributed by atoms with E-state index < -0.39 is 5.82 Å². The van der Waals surface area contributed by atoms with Gasteiger partial charge >= 0.3 is 0 Å². The number of nitrogens with zero attached hydrogens (tertiary/aromatic N) is 1. The molecule has 0 saturated carbocycles. The predicted molar refractivity (Wildman–Crippen MR) is 67.7 cm³/mol. The number of rotatable bonds is 2. The summed E-state index contributed by atoms with van der Waals surface area (Å²) in [6.07, 6.45) is 3.20. The van der Waals surface area contributed by atoms with Crippen LogP contribution in [0.5, 0.6) is 0 Å². The van der Waals surface area contributed by atoms with Crippen LogP contribution in [0, 0.1) is 12.7 Å². The second kappa shape index (κ2) is 4.83. The average Bonchev–Trinajstić information content (AvgIpc) is 2.35. The highest BCUT2D eigenvalue weighted by Crippen LogP contribution is 2.16. The molecule has 2 aromatic rings. The van der Waals surface area contributed by atoms with Gasteiger partial charge in [0, 0.05) is 11.8 Å². The molecular weight excluding hydrogens is 233 g/mol. The molecular formula is C13H12FN3O. The number of halogens is 1.